The summed E-state index contributed by atoms with van der Waals surface area (Å²) in [6.45, 7) is 1.90. The highest BCUT2D eigenvalue weighted by molar-refractivity contribution is 7.99. The molecule has 10 nitrogen and oxygen atoms in total. The van der Waals surface area contributed by atoms with Gasteiger partial charge in [0.25, 0.3) is 11.1 Å². The van der Waals surface area contributed by atoms with Gasteiger partial charge in [0, 0.05) is 26.2 Å². The first kappa shape index (κ1) is 24.0. The van der Waals surface area contributed by atoms with Gasteiger partial charge in [-0.2, -0.15) is 4.31 Å². The maximum atomic E-state index is 12.6. The summed E-state index contributed by atoms with van der Waals surface area (Å²) >= 11 is 1.14. The quantitative estimate of drug-likeness (QED) is 0.463. The second-order valence-electron chi connectivity index (χ2n) is 7.58. The van der Waals surface area contributed by atoms with Crippen LogP contribution < -0.4 is 15.0 Å². The van der Waals surface area contributed by atoms with Gasteiger partial charge < -0.3 is 19.4 Å². The third-order valence-corrected chi connectivity index (χ3v) is 7.42. The van der Waals surface area contributed by atoms with Crippen LogP contribution in [-0.4, -0.2) is 74.1 Å². The molecule has 0 aliphatic carbocycles. The third-order valence-electron chi connectivity index (χ3n) is 5.30. The average Bonchev–Trinajstić information content (AvgIpc) is 3.31. The predicted molar refractivity (Wildman–Crippen MR) is 131 cm³/mol. The van der Waals surface area contributed by atoms with Crippen molar-refractivity contribution in [2.75, 3.05) is 55.5 Å². The van der Waals surface area contributed by atoms with Crippen molar-refractivity contribution in [3.05, 3.63) is 48.5 Å². The number of carbonyl (C=O) groups is 1. The molecule has 0 spiro atoms. The maximum absolute atomic E-state index is 12.6. The SMILES string of the molecule is COc1ccccc1-c1nnc(SCC(=O)Nc2ccccc2N2CCN(S(C)(=O)=O)CC2)o1. The number of nitrogens with one attached hydrogen (secondary N) is 1. The van der Waals surface area contributed by atoms with Crippen molar-refractivity contribution in [3.63, 3.8) is 0 Å². The van der Waals surface area contributed by atoms with Gasteiger partial charge in [-0.1, -0.05) is 36.0 Å². The number of piperazine rings is 1. The molecule has 1 aliphatic heterocycles. The van der Waals surface area contributed by atoms with Crippen molar-refractivity contribution in [2.24, 2.45) is 0 Å². The van der Waals surface area contributed by atoms with Crippen molar-refractivity contribution in [3.8, 4) is 17.2 Å². The summed E-state index contributed by atoms with van der Waals surface area (Å²) in [5.74, 6) is 0.807. The van der Waals surface area contributed by atoms with Crippen LogP contribution in [0, 0.1) is 0 Å². The van der Waals surface area contributed by atoms with Gasteiger partial charge in [-0.25, -0.2) is 8.42 Å². The monoisotopic (exact) mass is 503 g/mol. The van der Waals surface area contributed by atoms with E-state index in [2.05, 4.69) is 20.4 Å². The van der Waals surface area contributed by atoms with E-state index in [-0.39, 0.29) is 16.9 Å². The number of ether oxygens (including phenoxy) is 1. The zero-order valence-electron chi connectivity index (χ0n) is 18.8. The van der Waals surface area contributed by atoms with Gasteiger partial charge >= 0.3 is 0 Å². The number of benzene rings is 2. The Bertz CT molecular complexity index is 1260. The van der Waals surface area contributed by atoms with E-state index in [0.717, 1.165) is 17.4 Å². The number of carbonyl (C=O) groups excluding carboxylic acids is 1. The molecule has 0 bridgehead atoms. The zero-order valence-corrected chi connectivity index (χ0v) is 20.4. The molecule has 1 aliphatic rings. The van der Waals surface area contributed by atoms with Crippen LogP contribution in [0.1, 0.15) is 0 Å². The van der Waals surface area contributed by atoms with Gasteiger partial charge in [0.2, 0.25) is 15.9 Å². The predicted octanol–water partition coefficient (Wildman–Crippen LogP) is 2.56. The highest BCUT2D eigenvalue weighted by Crippen LogP contribution is 2.31. The average molecular weight is 504 g/mol. The van der Waals surface area contributed by atoms with E-state index < -0.39 is 10.0 Å². The summed E-state index contributed by atoms with van der Waals surface area (Å²) < 4.78 is 36.0. The normalized spacial score (nSPS) is 14.7. The van der Waals surface area contributed by atoms with Crippen LogP contribution in [0.15, 0.2) is 58.2 Å². The second kappa shape index (κ2) is 10.5. The third kappa shape index (κ3) is 5.69. The fourth-order valence-electron chi connectivity index (χ4n) is 3.63. The molecule has 0 atom stereocenters. The van der Waals surface area contributed by atoms with Gasteiger partial charge in [-0.15, -0.1) is 10.2 Å². The molecular formula is C22H25N5O5S2. The second-order valence-corrected chi connectivity index (χ2v) is 10.5. The van der Waals surface area contributed by atoms with Crippen molar-refractivity contribution < 1.29 is 22.4 Å². The minimum absolute atomic E-state index is 0.0871. The van der Waals surface area contributed by atoms with Crippen LogP contribution in [0.2, 0.25) is 0 Å². The maximum Gasteiger partial charge on any atom is 0.277 e. The lowest BCUT2D eigenvalue weighted by Crippen LogP contribution is -2.48. The molecule has 1 amide bonds. The number of sulfonamides is 1. The number of anilines is 2. The van der Waals surface area contributed by atoms with Gasteiger partial charge in [0.05, 0.1) is 36.1 Å². The fraction of sp³-hybridized carbons (Fsp3) is 0.318. The summed E-state index contributed by atoms with van der Waals surface area (Å²) in [7, 11) is -1.64. The Labute approximate surface area is 202 Å². The van der Waals surface area contributed by atoms with Gasteiger partial charge in [0.1, 0.15) is 5.75 Å². The highest BCUT2D eigenvalue weighted by Gasteiger charge is 2.25. The number of amides is 1. The summed E-state index contributed by atoms with van der Waals surface area (Å²) in [5.41, 5.74) is 2.20. The van der Waals surface area contributed by atoms with Crippen LogP contribution in [0.4, 0.5) is 11.4 Å². The molecule has 12 heteroatoms. The topological polar surface area (TPSA) is 118 Å². The lowest BCUT2D eigenvalue weighted by Gasteiger charge is -2.35. The largest absolute Gasteiger partial charge is 0.496 e. The standard InChI is InChI=1S/C22H25N5O5S2/c1-31-19-10-6-3-7-16(19)21-24-25-22(32-21)33-15-20(28)23-17-8-4-5-9-18(17)26-11-13-27(14-12-26)34(2,29)30/h3-10H,11-15H2,1-2H3,(H,23,28). The number of thioether (sulfide) groups is 1. The zero-order chi connectivity index (χ0) is 24.1. The Balaban J connectivity index is 1.36. The molecule has 180 valence electrons. The molecule has 0 saturated carbocycles. The summed E-state index contributed by atoms with van der Waals surface area (Å²) in [6.07, 6.45) is 1.22. The van der Waals surface area contributed by atoms with E-state index in [4.69, 9.17) is 9.15 Å². The molecule has 3 aromatic rings. The van der Waals surface area contributed by atoms with Gasteiger partial charge in [-0.05, 0) is 24.3 Å². The number of methoxy groups -OCH3 is 1. The summed E-state index contributed by atoms with van der Waals surface area (Å²) in [4.78, 5) is 14.7. The molecular weight excluding hydrogens is 478 g/mol. The molecule has 0 radical (unpaired) electrons. The lowest BCUT2D eigenvalue weighted by molar-refractivity contribution is -0.113. The summed E-state index contributed by atoms with van der Waals surface area (Å²) in [6, 6.07) is 14.8. The van der Waals surface area contributed by atoms with Crippen LogP contribution in [0.5, 0.6) is 5.75 Å². The minimum atomic E-state index is -3.21. The van der Waals surface area contributed by atoms with Crippen LogP contribution in [0.3, 0.4) is 0 Å². The first-order chi connectivity index (χ1) is 16.3. The number of aromatic nitrogens is 2. The van der Waals surface area contributed by atoms with E-state index in [1.807, 2.05) is 42.5 Å². The Kier molecular flexibility index (Phi) is 7.39. The highest BCUT2D eigenvalue weighted by atomic mass is 32.2. The van der Waals surface area contributed by atoms with Crippen molar-refractivity contribution in [1.82, 2.24) is 14.5 Å². The number of hydrogen-bond acceptors (Lipinski definition) is 9. The minimum Gasteiger partial charge on any atom is -0.496 e. The Morgan fingerprint density at radius 1 is 1.09 bits per heavy atom. The lowest BCUT2D eigenvalue weighted by atomic mass is 10.2. The molecule has 2 aromatic carbocycles. The first-order valence-electron chi connectivity index (χ1n) is 10.5. The van der Waals surface area contributed by atoms with E-state index >= 15 is 0 Å². The van der Waals surface area contributed by atoms with Crippen molar-refractivity contribution in [2.45, 2.75) is 5.22 Å². The smallest absolute Gasteiger partial charge is 0.277 e. The number of rotatable bonds is 8. The Hall–Kier alpha value is -3.09. The van der Waals surface area contributed by atoms with Crippen molar-refractivity contribution >= 4 is 39.1 Å². The van der Waals surface area contributed by atoms with Gasteiger partial charge in [0.15, 0.2) is 0 Å². The molecule has 4 rings (SSSR count). The van der Waals surface area contributed by atoms with E-state index in [1.54, 1.807) is 13.2 Å². The molecule has 2 heterocycles. The fourth-order valence-corrected chi connectivity index (χ4v) is 5.02. The molecule has 1 fully saturated rings. The molecule has 34 heavy (non-hydrogen) atoms. The number of hydrogen-bond donors (Lipinski definition) is 1. The first-order valence-corrected chi connectivity index (χ1v) is 13.4. The van der Waals surface area contributed by atoms with Gasteiger partial charge in [-0.3, -0.25) is 4.79 Å². The Morgan fingerprint density at radius 2 is 1.79 bits per heavy atom. The number of para-hydroxylation sites is 3. The summed E-state index contributed by atoms with van der Waals surface area (Å²) in [5, 5.41) is 11.3. The van der Waals surface area contributed by atoms with Crippen LogP contribution in [-0.2, 0) is 14.8 Å². The Morgan fingerprint density at radius 3 is 2.53 bits per heavy atom. The van der Waals surface area contributed by atoms with Crippen molar-refractivity contribution in [1.29, 1.82) is 0 Å². The molecule has 0 unspecified atom stereocenters. The molecule has 1 aromatic heterocycles. The van der Waals surface area contributed by atoms with E-state index in [9.17, 15) is 13.2 Å². The molecule has 1 N–H and O–H groups in total. The number of nitrogens with zero attached hydrogens (tertiary/aromatic N) is 4. The van der Waals surface area contributed by atoms with E-state index in [0.29, 0.717) is 49.1 Å². The van der Waals surface area contributed by atoms with Crippen LogP contribution in [0.25, 0.3) is 11.5 Å². The van der Waals surface area contributed by atoms with E-state index in [1.165, 1.54) is 10.6 Å². The van der Waals surface area contributed by atoms with Crippen LogP contribution >= 0.6 is 11.8 Å². The molecule has 1 saturated heterocycles.